The van der Waals surface area contributed by atoms with Crippen molar-refractivity contribution in [3.05, 3.63) is 29.3 Å². The summed E-state index contributed by atoms with van der Waals surface area (Å²) in [5, 5.41) is 9.36. The predicted octanol–water partition coefficient (Wildman–Crippen LogP) is 1.82. The van der Waals surface area contributed by atoms with Gasteiger partial charge in [0, 0.05) is 16.5 Å². The lowest BCUT2D eigenvalue weighted by molar-refractivity contribution is -0.0180. The Labute approximate surface area is 89.6 Å². The van der Waals surface area contributed by atoms with Gasteiger partial charge in [0.1, 0.15) is 5.75 Å². The molecule has 3 heteroatoms. The summed E-state index contributed by atoms with van der Waals surface area (Å²) >= 11 is 0. The fourth-order valence-corrected chi connectivity index (χ4v) is 1.74. The summed E-state index contributed by atoms with van der Waals surface area (Å²) in [6, 6.07) is 5.97. The Hall–Kier alpha value is -1.06. The molecule has 0 bridgehead atoms. The maximum absolute atomic E-state index is 9.36. The molecule has 1 N–H and O–H groups in total. The summed E-state index contributed by atoms with van der Waals surface area (Å²) in [6.45, 7) is 4.99. The van der Waals surface area contributed by atoms with Crippen molar-refractivity contribution in [2.75, 3.05) is 13.4 Å². The lowest BCUT2D eigenvalue weighted by atomic mass is 9.84. The van der Waals surface area contributed by atoms with Crippen LogP contribution in [0.3, 0.4) is 0 Å². The third kappa shape index (κ3) is 1.85. The molecule has 1 aliphatic rings. The molecule has 0 fully saturated rings. The Morgan fingerprint density at radius 2 is 2.20 bits per heavy atom. The van der Waals surface area contributed by atoms with Crippen LogP contribution in [0.4, 0.5) is 0 Å². The topological polar surface area (TPSA) is 38.7 Å². The molecule has 0 saturated heterocycles. The average Bonchev–Trinajstić information content (AvgIpc) is 2.28. The smallest absolute Gasteiger partial charge is 0.189 e. The van der Waals surface area contributed by atoms with Crippen molar-refractivity contribution in [2.45, 2.75) is 25.9 Å². The molecule has 1 aromatic rings. The number of aliphatic hydroxyl groups excluding tert-OH is 1. The zero-order valence-electron chi connectivity index (χ0n) is 9.12. The zero-order valence-corrected chi connectivity index (χ0v) is 9.12. The molecule has 0 spiro atoms. The maximum Gasteiger partial charge on any atom is 0.189 e. The van der Waals surface area contributed by atoms with Gasteiger partial charge in [-0.2, -0.15) is 0 Å². The number of rotatable bonds is 2. The average molecular weight is 208 g/mol. The number of benzene rings is 1. The number of hydrogen-bond acceptors (Lipinski definition) is 3. The van der Waals surface area contributed by atoms with Crippen LogP contribution in [0.5, 0.6) is 5.75 Å². The quantitative estimate of drug-likeness (QED) is 0.805. The van der Waals surface area contributed by atoms with E-state index in [4.69, 9.17) is 9.47 Å². The second kappa shape index (κ2) is 3.83. The number of hydrogen-bond donors (Lipinski definition) is 1. The first-order valence-electron chi connectivity index (χ1n) is 5.09. The summed E-state index contributed by atoms with van der Waals surface area (Å²) in [6.07, 6.45) is 0. The van der Waals surface area contributed by atoms with Crippen molar-refractivity contribution >= 4 is 0 Å². The van der Waals surface area contributed by atoms with Gasteiger partial charge in [0.2, 0.25) is 0 Å². The minimum absolute atomic E-state index is 0.105. The molecule has 0 aliphatic carbocycles. The van der Waals surface area contributed by atoms with E-state index in [-0.39, 0.29) is 12.0 Å². The molecule has 0 radical (unpaired) electrons. The minimum Gasteiger partial charge on any atom is -0.467 e. The van der Waals surface area contributed by atoms with E-state index in [1.54, 1.807) is 0 Å². The van der Waals surface area contributed by atoms with E-state index >= 15 is 0 Å². The molecule has 2 rings (SSSR count). The van der Waals surface area contributed by atoms with E-state index in [1.165, 1.54) is 0 Å². The second-order valence-electron chi connectivity index (χ2n) is 4.45. The van der Waals surface area contributed by atoms with Crippen molar-refractivity contribution in [3.63, 3.8) is 0 Å². The number of ether oxygens (including phenoxy) is 2. The van der Waals surface area contributed by atoms with Crippen molar-refractivity contribution in [1.82, 2.24) is 0 Å². The standard InChI is InChI=1S/C12H16O3/c1-12(2,7-13)10-5-3-4-9-6-14-8-15-11(9)10/h3-5,13H,6-8H2,1-2H3. The highest BCUT2D eigenvalue weighted by atomic mass is 16.7. The van der Waals surface area contributed by atoms with E-state index in [1.807, 2.05) is 32.0 Å². The number of para-hydroxylation sites is 1. The Morgan fingerprint density at radius 3 is 2.93 bits per heavy atom. The van der Waals surface area contributed by atoms with Gasteiger partial charge in [-0.1, -0.05) is 32.0 Å². The van der Waals surface area contributed by atoms with E-state index in [9.17, 15) is 5.11 Å². The molecule has 0 amide bonds. The van der Waals surface area contributed by atoms with E-state index in [0.717, 1.165) is 16.9 Å². The van der Waals surface area contributed by atoms with Gasteiger partial charge < -0.3 is 14.6 Å². The second-order valence-corrected chi connectivity index (χ2v) is 4.45. The first-order chi connectivity index (χ1) is 7.15. The van der Waals surface area contributed by atoms with E-state index in [2.05, 4.69) is 0 Å². The third-order valence-corrected chi connectivity index (χ3v) is 2.77. The van der Waals surface area contributed by atoms with Crippen LogP contribution in [-0.2, 0) is 16.8 Å². The Bertz CT molecular complexity index is 358. The van der Waals surface area contributed by atoms with Gasteiger partial charge in [0.25, 0.3) is 0 Å². The van der Waals surface area contributed by atoms with E-state index < -0.39 is 0 Å². The van der Waals surface area contributed by atoms with Crippen LogP contribution in [0, 0.1) is 0 Å². The molecule has 0 saturated carbocycles. The maximum atomic E-state index is 9.36. The molecular weight excluding hydrogens is 192 g/mol. The van der Waals surface area contributed by atoms with Gasteiger partial charge in [-0.25, -0.2) is 0 Å². The largest absolute Gasteiger partial charge is 0.467 e. The highest BCUT2D eigenvalue weighted by Crippen LogP contribution is 2.35. The molecule has 0 atom stereocenters. The summed E-state index contributed by atoms with van der Waals surface area (Å²) in [5.41, 5.74) is 1.83. The van der Waals surface area contributed by atoms with Crippen LogP contribution in [0.1, 0.15) is 25.0 Å². The summed E-state index contributed by atoms with van der Waals surface area (Å²) in [4.78, 5) is 0. The molecule has 15 heavy (non-hydrogen) atoms. The predicted molar refractivity (Wildman–Crippen MR) is 56.8 cm³/mol. The van der Waals surface area contributed by atoms with Crippen LogP contribution in [0.2, 0.25) is 0 Å². The van der Waals surface area contributed by atoms with Gasteiger partial charge >= 0.3 is 0 Å². The highest BCUT2D eigenvalue weighted by Gasteiger charge is 2.26. The van der Waals surface area contributed by atoms with Gasteiger partial charge in [-0.15, -0.1) is 0 Å². The van der Waals surface area contributed by atoms with Crippen molar-refractivity contribution in [3.8, 4) is 5.75 Å². The minimum atomic E-state index is -0.275. The van der Waals surface area contributed by atoms with Crippen LogP contribution in [0.15, 0.2) is 18.2 Å². The monoisotopic (exact) mass is 208 g/mol. The molecule has 82 valence electrons. The highest BCUT2D eigenvalue weighted by molar-refractivity contribution is 5.45. The Kier molecular flexibility index (Phi) is 2.67. The normalized spacial score (nSPS) is 15.7. The van der Waals surface area contributed by atoms with Crippen molar-refractivity contribution in [1.29, 1.82) is 0 Å². The molecular formula is C12H16O3. The van der Waals surface area contributed by atoms with Crippen molar-refractivity contribution in [2.24, 2.45) is 0 Å². The van der Waals surface area contributed by atoms with Crippen LogP contribution >= 0.6 is 0 Å². The first-order valence-corrected chi connectivity index (χ1v) is 5.09. The number of aliphatic hydroxyl groups is 1. The van der Waals surface area contributed by atoms with E-state index in [0.29, 0.717) is 13.4 Å². The lowest BCUT2D eigenvalue weighted by Gasteiger charge is -2.28. The van der Waals surface area contributed by atoms with Crippen LogP contribution in [0.25, 0.3) is 0 Å². The Balaban J connectivity index is 2.48. The molecule has 0 aromatic heterocycles. The molecule has 0 unspecified atom stereocenters. The van der Waals surface area contributed by atoms with Gasteiger partial charge in [-0.3, -0.25) is 0 Å². The first kappa shape index (κ1) is 10.5. The summed E-state index contributed by atoms with van der Waals surface area (Å²) < 4.78 is 10.7. The molecule has 3 nitrogen and oxygen atoms in total. The third-order valence-electron chi connectivity index (χ3n) is 2.77. The fraction of sp³-hybridized carbons (Fsp3) is 0.500. The summed E-state index contributed by atoms with van der Waals surface area (Å²) in [7, 11) is 0. The zero-order chi connectivity index (χ0) is 10.9. The van der Waals surface area contributed by atoms with Gasteiger partial charge in [-0.05, 0) is 0 Å². The molecule has 1 heterocycles. The van der Waals surface area contributed by atoms with Crippen molar-refractivity contribution < 1.29 is 14.6 Å². The van der Waals surface area contributed by atoms with Gasteiger partial charge in [0.15, 0.2) is 6.79 Å². The lowest BCUT2D eigenvalue weighted by Crippen LogP contribution is -2.25. The molecule has 1 aromatic carbocycles. The molecule has 1 aliphatic heterocycles. The summed E-state index contributed by atoms with van der Waals surface area (Å²) in [5.74, 6) is 0.878. The Morgan fingerprint density at radius 1 is 1.40 bits per heavy atom. The van der Waals surface area contributed by atoms with Crippen LogP contribution in [-0.4, -0.2) is 18.5 Å². The number of fused-ring (bicyclic) bond motifs is 1. The van der Waals surface area contributed by atoms with Crippen LogP contribution < -0.4 is 4.74 Å². The van der Waals surface area contributed by atoms with Gasteiger partial charge in [0.05, 0.1) is 13.2 Å². The fourth-order valence-electron chi connectivity index (χ4n) is 1.74. The SMILES string of the molecule is CC(C)(CO)c1cccc2c1OCOC2.